The lowest BCUT2D eigenvalue weighted by Gasteiger charge is -2.33. The molecule has 2 amide bonds. The van der Waals surface area contributed by atoms with E-state index in [1.54, 1.807) is 45.0 Å². The summed E-state index contributed by atoms with van der Waals surface area (Å²) >= 11 is 0. The molecule has 0 radical (unpaired) electrons. The molecule has 0 aromatic heterocycles. The molecular weight excluding hydrogens is 444 g/mol. The number of nitrogens with one attached hydrogen (secondary N) is 2. The van der Waals surface area contributed by atoms with Gasteiger partial charge in [0.25, 0.3) is 5.91 Å². The molecule has 1 saturated carbocycles. The largest absolute Gasteiger partial charge is 0.480 e. The summed E-state index contributed by atoms with van der Waals surface area (Å²) in [5.41, 5.74) is 0.324. The van der Waals surface area contributed by atoms with E-state index in [4.69, 9.17) is 4.74 Å². The van der Waals surface area contributed by atoms with Crippen LogP contribution in [0.15, 0.2) is 54.6 Å². The molecule has 184 valence electrons. The first kappa shape index (κ1) is 25.8. The van der Waals surface area contributed by atoms with Crippen LogP contribution in [0.5, 0.6) is 0 Å². The number of ether oxygens (including phenoxy) is 1. The van der Waals surface area contributed by atoms with Crippen LogP contribution in [0.3, 0.4) is 0 Å². The summed E-state index contributed by atoms with van der Waals surface area (Å²) in [4.78, 5) is 36.8. The van der Waals surface area contributed by atoms with E-state index in [1.165, 1.54) is 19.4 Å². The summed E-state index contributed by atoms with van der Waals surface area (Å²) in [5.74, 6) is 5.41. The highest BCUT2D eigenvalue weighted by Crippen LogP contribution is 2.46. The Morgan fingerprint density at radius 1 is 1.00 bits per heavy atom. The fourth-order valence-electron chi connectivity index (χ4n) is 3.71. The van der Waals surface area contributed by atoms with Crippen molar-refractivity contribution in [1.82, 2.24) is 10.6 Å². The first-order chi connectivity index (χ1) is 16.4. The third-order valence-electron chi connectivity index (χ3n) is 5.63. The van der Waals surface area contributed by atoms with Gasteiger partial charge in [0.1, 0.15) is 11.6 Å². The van der Waals surface area contributed by atoms with Gasteiger partial charge in [0.05, 0.1) is 5.54 Å². The molecule has 2 unspecified atom stereocenters. The number of alkyl carbamates (subject to hydrolysis) is 1. The number of hydrogen-bond donors (Lipinski definition) is 3. The zero-order valence-corrected chi connectivity index (χ0v) is 20.7. The Labute approximate surface area is 206 Å². The molecule has 1 fully saturated rings. The summed E-state index contributed by atoms with van der Waals surface area (Å²) in [6.07, 6.45) is 0.275. The number of carboxylic acid groups (broad SMARTS) is 1. The number of carbonyl (C=O) groups excluding carboxylic acids is 2. The van der Waals surface area contributed by atoms with Gasteiger partial charge in [0.15, 0.2) is 0 Å². The van der Waals surface area contributed by atoms with Crippen molar-refractivity contribution in [3.05, 3.63) is 71.3 Å². The van der Waals surface area contributed by atoms with Crippen LogP contribution >= 0.6 is 0 Å². The first-order valence-corrected chi connectivity index (χ1v) is 11.6. The Kier molecular flexibility index (Phi) is 7.54. The van der Waals surface area contributed by atoms with E-state index in [-0.39, 0.29) is 0 Å². The number of rotatable bonds is 6. The van der Waals surface area contributed by atoms with Gasteiger partial charge in [-0.2, -0.15) is 0 Å². The Morgan fingerprint density at radius 2 is 1.63 bits per heavy atom. The number of carbonyl (C=O) groups is 3. The van der Waals surface area contributed by atoms with Crippen molar-refractivity contribution in [2.75, 3.05) is 0 Å². The van der Waals surface area contributed by atoms with Gasteiger partial charge in [-0.3, -0.25) is 4.79 Å². The average molecular weight is 477 g/mol. The maximum absolute atomic E-state index is 12.8. The number of benzene rings is 2. The van der Waals surface area contributed by atoms with Crippen molar-refractivity contribution in [2.45, 2.75) is 64.1 Å². The molecule has 35 heavy (non-hydrogen) atoms. The van der Waals surface area contributed by atoms with Gasteiger partial charge in [-0.15, -0.1) is 0 Å². The molecule has 7 heteroatoms. The molecule has 0 spiro atoms. The molecule has 2 aromatic rings. The molecule has 3 atom stereocenters. The van der Waals surface area contributed by atoms with Crippen molar-refractivity contribution in [2.24, 2.45) is 5.92 Å². The van der Waals surface area contributed by atoms with Gasteiger partial charge in [-0.05, 0) is 76.8 Å². The maximum Gasteiger partial charge on any atom is 0.408 e. The molecule has 0 aliphatic heterocycles. The maximum atomic E-state index is 12.8. The summed E-state index contributed by atoms with van der Waals surface area (Å²) in [7, 11) is 0. The summed E-state index contributed by atoms with van der Waals surface area (Å²) in [6, 6.07) is 15.6. The highest BCUT2D eigenvalue weighted by molar-refractivity contribution is 5.97. The topological polar surface area (TPSA) is 105 Å². The van der Waals surface area contributed by atoms with E-state index >= 15 is 0 Å². The second kappa shape index (κ2) is 10.2. The zero-order valence-electron chi connectivity index (χ0n) is 20.7. The second-order valence-electron chi connectivity index (χ2n) is 10.3. The van der Waals surface area contributed by atoms with Gasteiger partial charge in [0.2, 0.25) is 0 Å². The number of amides is 2. The molecule has 0 heterocycles. The summed E-state index contributed by atoms with van der Waals surface area (Å²) < 4.78 is 5.21. The molecule has 0 saturated heterocycles. The Bertz CT molecular complexity index is 1140. The molecule has 3 rings (SSSR count). The third-order valence-corrected chi connectivity index (χ3v) is 5.63. The minimum atomic E-state index is -1.38. The highest BCUT2D eigenvalue weighted by atomic mass is 16.6. The number of hydrogen-bond acceptors (Lipinski definition) is 4. The van der Waals surface area contributed by atoms with Gasteiger partial charge >= 0.3 is 12.1 Å². The van der Waals surface area contributed by atoms with Crippen molar-refractivity contribution in [3.63, 3.8) is 0 Å². The summed E-state index contributed by atoms with van der Waals surface area (Å²) in [5, 5.41) is 14.7. The van der Waals surface area contributed by atoms with Crippen LogP contribution in [0.2, 0.25) is 0 Å². The Morgan fingerprint density at radius 3 is 2.20 bits per heavy atom. The van der Waals surface area contributed by atoms with Gasteiger partial charge in [0, 0.05) is 17.0 Å². The highest BCUT2D eigenvalue weighted by Gasteiger charge is 2.39. The minimum Gasteiger partial charge on any atom is -0.480 e. The lowest BCUT2D eigenvalue weighted by Crippen LogP contribution is -2.62. The number of carboxylic acids is 1. The van der Waals surface area contributed by atoms with Crippen LogP contribution in [0, 0.1) is 17.8 Å². The summed E-state index contributed by atoms with van der Waals surface area (Å²) in [6.45, 7) is 8.13. The predicted octanol–water partition coefficient (Wildman–Crippen LogP) is 4.33. The van der Waals surface area contributed by atoms with Crippen molar-refractivity contribution < 1.29 is 24.2 Å². The van der Waals surface area contributed by atoms with Crippen molar-refractivity contribution in [3.8, 4) is 11.8 Å². The zero-order chi connectivity index (χ0) is 25.8. The van der Waals surface area contributed by atoms with Gasteiger partial charge in [-0.25, -0.2) is 9.59 Å². The van der Waals surface area contributed by atoms with Crippen LogP contribution in [-0.4, -0.2) is 40.3 Å². The van der Waals surface area contributed by atoms with Gasteiger partial charge < -0.3 is 20.5 Å². The van der Waals surface area contributed by atoms with Crippen molar-refractivity contribution in [1.29, 1.82) is 0 Å². The molecule has 2 aromatic carbocycles. The third kappa shape index (κ3) is 7.35. The normalized spacial score (nSPS) is 17.9. The van der Waals surface area contributed by atoms with Crippen LogP contribution in [0.1, 0.15) is 68.4 Å². The quantitative estimate of drug-likeness (QED) is 0.539. The molecule has 7 nitrogen and oxygen atoms in total. The monoisotopic (exact) mass is 476 g/mol. The van der Waals surface area contributed by atoms with Crippen LogP contribution in [-0.2, 0) is 9.53 Å². The molecule has 0 bridgehead atoms. The lowest BCUT2D eigenvalue weighted by molar-refractivity contribution is -0.141. The van der Waals surface area contributed by atoms with E-state index in [0.717, 1.165) is 12.0 Å². The fraction of sp³-hybridized carbons (Fsp3) is 0.393. The van der Waals surface area contributed by atoms with Crippen molar-refractivity contribution >= 4 is 18.0 Å². The number of aliphatic carboxylic acids is 1. The molecule has 3 N–H and O–H groups in total. The Balaban J connectivity index is 1.61. The van der Waals surface area contributed by atoms with Crippen LogP contribution in [0.4, 0.5) is 4.79 Å². The first-order valence-electron chi connectivity index (χ1n) is 11.6. The van der Waals surface area contributed by atoms with E-state index in [1.807, 2.05) is 18.2 Å². The lowest BCUT2D eigenvalue weighted by atomic mass is 9.94. The standard InChI is InChI=1S/C28H32N2O5/c1-27(2,3)35-26(34)30-28(4,5)23(25(32)33)29-24(31)20-14-11-18(12-15-20)13-16-21-17-22(21)19-9-7-6-8-10-19/h6-12,14-15,21-23H,17H2,1-5H3,(H,29,31)(H,30,34)(H,32,33)/t21?,22?,23-/m1/s1. The van der Waals surface area contributed by atoms with E-state index in [0.29, 0.717) is 17.4 Å². The van der Waals surface area contributed by atoms with E-state index < -0.39 is 35.2 Å². The van der Waals surface area contributed by atoms with E-state index in [2.05, 4.69) is 34.6 Å². The second-order valence-corrected chi connectivity index (χ2v) is 10.3. The minimum absolute atomic E-state index is 0.295. The smallest absolute Gasteiger partial charge is 0.408 e. The molecular formula is C28H32N2O5. The Hall–Kier alpha value is -3.79. The fourth-order valence-corrected chi connectivity index (χ4v) is 3.71. The van der Waals surface area contributed by atoms with Crippen LogP contribution < -0.4 is 10.6 Å². The molecule has 1 aliphatic rings. The van der Waals surface area contributed by atoms with Gasteiger partial charge in [-0.1, -0.05) is 42.2 Å². The van der Waals surface area contributed by atoms with Crippen LogP contribution in [0.25, 0.3) is 0 Å². The van der Waals surface area contributed by atoms with E-state index in [9.17, 15) is 19.5 Å². The molecule has 1 aliphatic carbocycles. The average Bonchev–Trinajstić information content (AvgIpc) is 3.54. The SMILES string of the molecule is CC(C)(C)OC(=O)NC(C)(C)[C@H](NC(=O)c1ccc(C#CC2CC2c2ccccc2)cc1)C(=O)O. The predicted molar refractivity (Wildman–Crippen MR) is 133 cm³/mol.